The average molecular weight is 268 g/mol. The molecule has 0 aromatic heterocycles. The van der Waals surface area contributed by atoms with Crippen molar-refractivity contribution in [3.63, 3.8) is 0 Å². The van der Waals surface area contributed by atoms with Gasteiger partial charge in [-0.05, 0) is 48.9 Å². The molecule has 0 aliphatic heterocycles. The summed E-state index contributed by atoms with van der Waals surface area (Å²) in [7, 11) is 0. The van der Waals surface area contributed by atoms with Gasteiger partial charge < -0.3 is 5.21 Å². The van der Waals surface area contributed by atoms with E-state index in [2.05, 4.69) is 5.18 Å². The molecule has 0 unspecified atom stereocenters. The summed E-state index contributed by atoms with van der Waals surface area (Å²) in [5.74, 6) is -0.124. The normalized spacial score (nSPS) is 11.9. The number of rotatable bonds is 2. The van der Waals surface area contributed by atoms with Gasteiger partial charge in [-0.1, -0.05) is 35.9 Å². The van der Waals surface area contributed by atoms with Crippen molar-refractivity contribution in [2.75, 3.05) is 0 Å². The van der Waals surface area contributed by atoms with Gasteiger partial charge in [0, 0.05) is 0 Å². The fraction of sp³-hybridized carbons (Fsp3) is 0.188. The van der Waals surface area contributed by atoms with Gasteiger partial charge in [0.15, 0.2) is 0 Å². The molecule has 0 saturated heterocycles. The third-order valence-corrected chi connectivity index (χ3v) is 3.15. The van der Waals surface area contributed by atoms with Crippen molar-refractivity contribution in [3.05, 3.63) is 74.8 Å². The Labute approximate surface area is 117 Å². The molecule has 0 heterocycles. The van der Waals surface area contributed by atoms with E-state index in [0.29, 0.717) is 16.0 Å². The smallest absolute Gasteiger partial charge is 0.385 e. The number of benzene rings is 2. The Bertz CT molecular complexity index is 653. The fourth-order valence-corrected chi connectivity index (χ4v) is 2.39. The Hall–Kier alpha value is -2.49. The Morgan fingerprint density at radius 3 is 2.10 bits per heavy atom. The first-order valence-corrected chi connectivity index (χ1v) is 6.35. The number of hydrogen-bond donors (Lipinski definition) is 0. The maximum absolute atomic E-state index is 12.5. The second-order valence-electron chi connectivity index (χ2n) is 4.82. The molecular weight excluding hydrogens is 252 g/mol. The van der Waals surface area contributed by atoms with Gasteiger partial charge in [-0.3, -0.25) is 0 Å². The number of nitrogens with zero attached hydrogens (tertiary/aromatic N) is 2. The zero-order chi connectivity index (χ0) is 14.7. The predicted molar refractivity (Wildman–Crippen MR) is 80.3 cm³/mol. The third-order valence-electron chi connectivity index (χ3n) is 3.15. The van der Waals surface area contributed by atoms with Gasteiger partial charge in [-0.25, -0.2) is 4.74 Å². The molecule has 0 N–H and O–H groups in total. The number of nitroso groups, excluding NO2 is 1. The van der Waals surface area contributed by atoms with Crippen LogP contribution in [0.1, 0.15) is 22.3 Å². The van der Waals surface area contributed by atoms with E-state index in [1.165, 1.54) is 0 Å². The van der Waals surface area contributed by atoms with Crippen LogP contribution in [0.25, 0.3) is 0 Å². The van der Waals surface area contributed by atoms with Gasteiger partial charge in [0.25, 0.3) is 0 Å². The largest absolute Gasteiger partial charge is 0.710 e. The molecule has 0 bridgehead atoms. The summed E-state index contributed by atoms with van der Waals surface area (Å²) in [6.45, 7) is 5.68. The van der Waals surface area contributed by atoms with Crippen molar-refractivity contribution in [2.24, 2.45) is 5.18 Å². The molecule has 4 nitrogen and oxygen atoms in total. The quantitative estimate of drug-likeness (QED) is 0.207. The van der Waals surface area contributed by atoms with E-state index in [4.69, 9.17) is 0 Å². The van der Waals surface area contributed by atoms with E-state index in [1.807, 2.05) is 39.0 Å². The third kappa shape index (κ3) is 2.59. The lowest BCUT2D eigenvalue weighted by Gasteiger charge is -2.15. The highest BCUT2D eigenvalue weighted by Gasteiger charge is 2.18. The van der Waals surface area contributed by atoms with Crippen LogP contribution in [0.15, 0.2) is 47.6 Å². The molecule has 0 aliphatic carbocycles. The van der Waals surface area contributed by atoms with E-state index in [9.17, 15) is 10.1 Å². The highest BCUT2D eigenvalue weighted by atomic mass is 16.5. The summed E-state index contributed by atoms with van der Waals surface area (Å²) >= 11 is 0. The maximum Gasteiger partial charge on any atom is 0.385 e. The molecule has 0 radical (unpaired) electrons. The summed E-state index contributed by atoms with van der Waals surface area (Å²) in [6.07, 6.45) is 0. The lowest BCUT2D eigenvalue weighted by atomic mass is 10.1. The molecule has 0 saturated carbocycles. The monoisotopic (exact) mass is 268 g/mol. The molecule has 2 aromatic carbocycles. The number of hydrogen-bond acceptors (Lipinski definition) is 2. The lowest BCUT2D eigenvalue weighted by molar-refractivity contribution is -0.362. The SMILES string of the molecule is Cc1cc(C)c([N+]([O-])=C(N=O)c2ccccc2)c(C)c1. The van der Waals surface area contributed by atoms with Crippen molar-refractivity contribution in [1.82, 2.24) is 0 Å². The molecule has 4 heteroatoms. The number of amidine groups is 1. The molecule has 0 spiro atoms. The minimum absolute atomic E-state index is 0.124. The van der Waals surface area contributed by atoms with E-state index in [-0.39, 0.29) is 5.84 Å². The van der Waals surface area contributed by atoms with Crippen LogP contribution in [-0.2, 0) is 0 Å². The molecule has 20 heavy (non-hydrogen) atoms. The zero-order valence-corrected chi connectivity index (χ0v) is 11.8. The molecule has 0 amide bonds. The van der Waals surface area contributed by atoms with Crippen molar-refractivity contribution in [1.29, 1.82) is 0 Å². The van der Waals surface area contributed by atoms with Crippen molar-refractivity contribution >= 4 is 11.5 Å². The Morgan fingerprint density at radius 2 is 1.60 bits per heavy atom. The van der Waals surface area contributed by atoms with Crippen molar-refractivity contribution in [2.45, 2.75) is 20.8 Å². The first-order valence-electron chi connectivity index (χ1n) is 6.35. The van der Waals surface area contributed by atoms with Crippen LogP contribution in [0, 0.1) is 30.9 Å². The molecule has 0 fully saturated rings. The van der Waals surface area contributed by atoms with Gasteiger partial charge in [0.1, 0.15) is 5.69 Å². The molecular formula is C16H16N2O2. The van der Waals surface area contributed by atoms with Gasteiger partial charge in [-0.2, -0.15) is 0 Å². The lowest BCUT2D eigenvalue weighted by Crippen LogP contribution is -2.12. The van der Waals surface area contributed by atoms with E-state index < -0.39 is 0 Å². The topological polar surface area (TPSA) is 55.5 Å². The second-order valence-corrected chi connectivity index (χ2v) is 4.82. The van der Waals surface area contributed by atoms with Crippen LogP contribution >= 0.6 is 0 Å². The molecule has 2 aromatic rings. The van der Waals surface area contributed by atoms with Crippen LogP contribution in [-0.4, -0.2) is 10.6 Å². The van der Waals surface area contributed by atoms with Gasteiger partial charge >= 0.3 is 5.84 Å². The predicted octanol–water partition coefficient (Wildman–Crippen LogP) is 3.97. The summed E-state index contributed by atoms with van der Waals surface area (Å²) in [4.78, 5) is 11.1. The van der Waals surface area contributed by atoms with Crippen molar-refractivity contribution in [3.8, 4) is 0 Å². The van der Waals surface area contributed by atoms with Gasteiger partial charge in [0.2, 0.25) is 5.18 Å². The first-order chi connectivity index (χ1) is 9.54. The van der Waals surface area contributed by atoms with Crippen LogP contribution in [0.3, 0.4) is 0 Å². The Kier molecular flexibility index (Phi) is 3.94. The minimum Gasteiger partial charge on any atom is -0.710 e. The Balaban J connectivity index is 2.67. The molecule has 0 aliphatic rings. The van der Waals surface area contributed by atoms with Crippen LogP contribution in [0.5, 0.6) is 0 Å². The maximum atomic E-state index is 12.5. The highest BCUT2D eigenvalue weighted by molar-refractivity contribution is 5.96. The van der Waals surface area contributed by atoms with Crippen LogP contribution in [0.2, 0.25) is 0 Å². The molecule has 0 atom stereocenters. The molecule has 102 valence electrons. The fourth-order valence-electron chi connectivity index (χ4n) is 2.39. The first kappa shape index (κ1) is 13.9. The zero-order valence-electron chi connectivity index (χ0n) is 11.8. The molecule has 2 rings (SSSR count). The number of aryl methyl sites for hydroxylation is 3. The highest BCUT2D eigenvalue weighted by Crippen LogP contribution is 2.25. The van der Waals surface area contributed by atoms with Gasteiger partial charge in [-0.15, -0.1) is 0 Å². The van der Waals surface area contributed by atoms with E-state index >= 15 is 0 Å². The minimum atomic E-state index is -0.124. The standard InChI is InChI=1S/C16H16N2O2/c1-11-9-12(2)15(13(3)10-11)18(20)16(17-19)14-7-5-4-6-8-14/h4-10H,1-3H3. The summed E-state index contributed by atoms with van der Waals surface area (Å²) < 4.78 is 0.617. The van der Waals surface area contributed by atoms with Crippen molar-refractivity contribution < 1.29 is 4.74 Å². The van der Waals surface area contributed by atoms with Crippen LogP contribution in [0.4, 0.5) is 5.69 Å². The average Bonchev–Trinajstić information content (AvgIpc) is 2.39. The summed E-state index contributed by atoms with van der Waals surface area (Å²) in [5, 5.41) is 15.4. The summed E-state index contributed by atoms with van der Waals surface area (Å²) in [6, 6.07) is 12.6. The van der Waals surface area contributed by atoms with Crippen LogP contribution < -0.4 is 0 Å². The van der Waals surface area contributed by atoms with E-state index in [0.717, 1.165) is 16.7 Å². The van der Waals surface area contributed by atoms with E-state index in [1.54, 1.807) is 24.3 Å². The second kappa shape index (κ2) is 5.65. The van der Waals surface area contributed by atoms with Gasteiger partial charge in [0.05, 0.1) is 5.56 Å². The Morgan fingerprint density at radius 1 is 1.05 bits per heavy atom. The summed E-state index contributed by atoms with van der Waals surface area (Å²) in [5.41, 5.74) is 3.73.